The molecule has 0 N–H and O–H groups in total. The lowest BCUT2D eigenvalue weighted by Gasteiger charge is -2.28. The quantitative estimate of drug-likeness (QED) is 0.111. The molecule has 190 valence electrons. The van der Waals surface area contributed by atoms with Crippen LogP contribution in [0.25, 0.3) is 0 Å². The molecule has 2 aromatic rings. The number of hydrogen-bond acceptors (Lipinski definition) is 3. The molecule has 0 saturated heterocycles. The van der Waals surface area contributed by atoms with Crippen molar-refractivity contribution in [2.24, 2.45) is 5.92 Å². The minimum Gasteiger partial charge on any atom is -0.494 e. The third-order valence-electron chi connectivity index (χ3n) is 7.29. The fraction of sp³-hybridized carbons (Fsp3) is 0.531. The second kappa shape index (κ2) is 15.4. The van der Waals surface area contributed by atoms with E-state index in [4.69, 9.17) is 9.47 Å². The molecule has 3 rings (SSSR count). The summed E-state index contributed by atoms with van der Waals surface area (Å²) in [6, 6.07) is 15.4. The number of esters is 1. The van der Waals surface area contributed by atoms with Crippen LogP contribution in [0.2, 0.25) is 0 Å². The van der Waals surface area contributed by atoms with Crippen molar-refractivity contribution in [2.45, 2.75) is 96.3 Å². The molecule has 35 heavy (non-hydrogen) atoms. The van der Waals surface area contributed by atoms with Crippen molar-refractivity contribution < 1.29 is 14.3 Å². The first-order valence-corrected chi connectivity index (χ1v) is 13.9. The second-order valence-corrected chi connectivity index (χ2v) is 10.0. The Kier molecular flexibility index (Phi) is 11.9. The Labute approximate surface area is 212 Å². The van der Waals surface area contributed by atoms with E-state index < -0.39 is 0 Å². The number of ether oxygens (including phenoxy) is 2. The highest BCUT2D eigenvalue weighted by molar-refractivity contribution is 5.91. The molecule has 0 heterocycles. The normalized spacial score (nSPS) is 17.6. The van der Waals surface area contributed by atoms with Crippen LogP contribution in [0.1, 0.15) is 112 Å². The Morgan fingerprint density at radius 2 is 1.51 bits per heavy atom. The van der Waals surface area contributed by atoms with E-state index in [0.29, 0.717) is 17.2 Å². The molecule has 1 aliphatic carbocycles. The first-order chi connectivity index (χ1) is 17.2. The maximum absolute atomic E-state index is 12.6. The molecule has 1 saturated carbocycles. The average Bonchev–Trinajstić information content (AvgIpc) is 2.89. The van der Waals surface area contributed by atoms with E-state index in [1.165, 1.54) is 76.2 Å². The molecule has 0 spiro atoms. The molecule has 2 aromatic carbocycles. The highest BCUT2D eigenvalue weighted by atomic mass is 16.5. The van der Waals surface area contributed by atoms with Crippen LogP contribution in [0, 0.1) is 5.92 Å². The summed E-state index contributed by atoms with van der Waals surface area (Å²) >= 11 is 0. The maximum atomic E-state index is 12.6. The van der Waals surface area contributed by atoms with Crippen LogP contribution in [-0.2, 0) is 0 Å². The van der Waals surface area contributed by atoms with Crippen molar-refractivity contribution in [3.8, 4) is 11.5 Å². The molecular weight excluding hydrogens is 432 g/mol. The van der Waals surface area contributed by atoms with Crippen molar-refractivity contribution in [1.29, 1.82) is 0 Å². The highest BCUT2D eigenvalue weighted by Gasteiger charge is 2.22. The largest absolute Gasteiger partial charge is 0.494 e. The number of unbranched alkanes of at least 4 members (excludes halogenated alkanes) is 6. The molecule has 1 aliphatic rings. The topological polar surface area (TPSA) is 35.5 Å². The van der Waals surface area contributed by atoms with Gasteiger partial charge in [0.1, 0.15) is 11.5 Å². The molecule has 0 aliphatic heterocycles. The standard InChI is InChI=1S/C32H44O3/c1-3-5-7-8-9-11-25-34-30-21-19-29(20-22-30)32(33)35-31-23-17-28(18-24-31)27-15-13-26(14-16-27)12-10-6-4-2/h4,17-24,26-27H,2-3,5-16,25H2,1H3/t26-,27-. The van der Waals surface area contributed by atoms with Gasteiger partial charge in [0.25, 0.3) is 0 Å². The molecule has 0 atom stereocenters. The minimum atomic E-state index is -0.333. The predicted molar refractivity (Wildman–Crippen MR) is 145 cm³/mol. The van der Waals surface area contributed by atoms with Crippen molar-refractivity contribution in [3.05, 3.63) is 72.3 Å². The van der Waals surface area contributed by atoms with Gasteiger partial charge in [-0.25, -0.2) is 4.79 Å². The van der Waals surface area contributed by atoms with Crippen molar-refractivity contribution in [1.82, 2.24) is 0 Å². The molecular formula is C32H44O3. The fourth-order valence-corrected chi connectivity index (χ4v) is 5.07. The zero-order valence-corrected chi connectivity index (χ0v) is 21.7. The number of allylic oxidation sites excluding steroid dienone is 1. The lowest BCUT2D eigenvalue weighted by molar-refractivity contribution is 0.0734. The molecule has 0 amide bonds. The van der Waals surface area contributed by atoms with E-state index >= 15 is 0 Å². The first kappa shape index (κ1) is 27.0. The summed E-state index contributed by atoms with van der Waals surface area (Å²) in [6.45, 7) is 6.78. The van der Waals surface area contributed by atoms with Gasteiger partial charge in [0.05, 0.1) is 12.2 Å². The zero-order valence-electron chi connectivity index (χ0n) is 21.7. The van der Waals surface area contributed by atoms with Gasteiger partial charge in [-0.3, -0.25) is 0 Å². The van der Waals surface area contributed by atoms with E-state index in [1.54, 1.807) is 12.1 Å². The van der Waals surface area contributed by atoms with E-state index in [1.807, 2.05) is 30.3 Å². The lowest BCUT2D eigenvalue weighted by atomic mass is 9.77. The summed E-state index contributed by atoms with van der Waals surface area (Å²) in [4.78, 5) is 12.6. The summed E-state index contributed by atoms with van der Waals surface area (Å²) in [5, 5.41) is 0. The van der Waals surface area contributed by atoms with Gasteiger partial charge in [-0.1, -0.05) is 63.7 Å². The van der Waals surface area contributed by atoms with Gasteiger partial charge in [0.15, 0.2) is 0 Å². The minimum absolute atomic E-state index is 0.333. The molecule has 0 bridgehead atoms. The number of benzene rings is 2. The Morgan fingerprint density at radius 3 is 2.20 bits per heavy atom. The molecule has 1 fully saturated rings. The smallest absolute Gasteiger partial charge is 0.343 e. The predicted octanol–water partition coefficient (Wildman–Crippen LogP) is 9.28. The third kappa shape index (κ3) is 9.55. The van der Waals surface area contributed by atoms with Gasteiger partial charge >= 0.3 is 5.97 Å². The van der Waals surface area contributed by atoms with Crippen molar-refractivity contribution in [3.63, 3.8) is 0 Å². The zero-order chi connectivity index (χ0) is 24.7. The number of carbonyl (C=O) groups is 1. The van der Waals surface area contributed by atoms with Gasteiger partial charge < -0.3 is 9.47 Å². The van der Waals surface area contributed by atoms with Gasteiger partial charge in [0.2, 0.25) is 0 Å². The fourth-order valence-electron chi connectivity index (χ4n) is 5.07. The van der Waals surface area contributed by atoms with Crippen molar-refractivity contribution in [2.75, 3.05) is 6.61 Å². The van der Waals surface area contributed by atoms with Crippen LogP contribution in [0.15, 0.2) is 61.2 Å². The van der Waals surface area contributed by atoms with Crippen LogP contribution in [0.3, 0.4) is 0 Å². The average molecular weight is 477 g/mol. The van der Waals surface area contributed by atoms with E-state index in [-0.39, 0.29) is 5.97 Å². The lowest BCUT2D eigenvalue weighted by Crippen LogP contribution is -2.13. The van der Waals surface area contributed by atoms with Gasteiger partial charge in [0, 0.05) is 0 Å². The van der Waals surface area contributed by atoms with Crippen LogP contribution in [0.4, 0.5) is 0 Å². The number of rotatable bonds is 15. The van der Waals surface area contributed by atoms with Gasteiger partial charge in [-0.15, -0.1) is 6.58 Å². The SMILES string of the molecule is C=CCCC[C@H]1CC[C@H](c2ccc(OC(=O)c3ccc(OCCCCCCCC)cc3)cc2)CC1. The molecule has 3 heteroatoms. The van der Waals surface area contributed by atoms with Crippen LogP contribution in [-0.4, -0.2) is 12.6 Å². The maximum Gasteiger partial charge on any atom is 0.343 e. The summed E-state index contributed by atoms with van der Waals surface area (Å²) < 4.78 is 11.4. The highest BCUT2D eigenvalue weighted by Crippen LogP contribution is 2.38. The molecule has 3 nitrogen and oxygen atoms in total. The van der Waals surface area contributed by atoms with Crippen LogP contribution >= 0.6 is 0 Å². The summed E-state index contributed by atoms with van der Waals surface area (Å²) in [5.41, 5.74) is 1.90. The third-order valence-corrected chi connectivity index (χ3v) is 7.29. The number of hydrogen-bond donors (Lipinski definition) is 0. The van der Waals surface area contributed by atoms with Crippen molar-refractivity contribution >= 4 is 5.97 Å². The second-order valence-electron chi connectivity index (χ2n) is 10.0. The van der Waals surface area contributed by atoms with Gasteiger partial charge in [-0.2, -0.15) is 0 Å². The summed E-state index contributed by atoms with van der Waals surface area (Å²) in [7, 11) is 0. The van der Waals surface area contributed by atoms with E-state index in [0.717, 1.165) is 31.1 Å². The Bertz CT molecular complexity index is 861. The molecule has 0 radical (unpaired) electrons. The molecule has 0 unspecified atom stereocenters. The Balaban J connectivity index is 1.39. The first-order valence-electron chi connectivity index (χ1n) is 13.9. The van der Waals surface area contributed by atoms with Gasteiger partial charge in [-0.05, 0) is 98.7 Å². The van der Waals surface area contributed by atoms with E-state index in [2.05, 4.69) is 25.6 Å². The Hall–Kier alpha value is -2.55. The summed E-state index contributed by atoms with van der Waals surface area (Å²) in [5.74, 6) is 2.56. The Morgan fingerprint density at radius 1 is 0.857 bits per heavy atom. The monoisotopic (exact) mass is 476 g/mol. The summed E-state index contributed by atoms with van der Waals surface area (Å²) in [6.07, 6.45) is 18.4. The number of carbonyl (C=O) groups excluding carboxylic acids is 1. The molecule has 0 aromatic heterocycles. The van der Waals surface area contributed by atoms with Crippen LogP contribution in [0.5, 0.6) is 11.5 Å². The van der Waals surface area contributed by atoms with Crippen LogP contribution < -0.4 is 9.47 Å². The van der Waals surface area contributed by atoms with E-state index in [9.17, 15) is 4.79 Å².